The summed E-state index contributed by atoms with van der Waals surface area (Å²) in [5.41, 5.74) is 1.63. The molecule has 0 aliphatic carbocycles. The van der Waals surface area contributed by atoms with Gasteiger partial charge in [-0.15, -0.1) is 0 Å². The first-order valence-electron chi connectivity index (χ1n) is 6.76. The van der Waals surface area contributed by atoms with Crippen LogP contribution >= 0.6 is 0 Å². The van der Waals surface area contributed by atoms with Gasteiger partial charge in [-0.2, -0.15) is 0 Å². The highest BCUT2D eigenvalue weighted by atomic mass is 16.5. The molecule has 3 rings (SSSR count). The maximum atomic E-state index is 5.98. The van der Waals surface area contributed by atoms with Crippen molar-refractivity contribution in [3.8, 4) is 5.75 Å². The summed E-state index contributed by atoms with van der Waals surface area (Å²) >= 11 is 0. The standard InChI is InChI=1S/C15H13BO.C2H6/c1-10-9-14-13(7-8-15(2,16)17-14)12-6-4-3-5-11(10)12;1-2/h3-9H,1-2H3;1-2H3. The van der Waals surface area contributed by atoms with Crippen LogP contribution in [0, 0.1) is 6.92 Å². The molecule has 0 N–H and O–H groups in total. The first-order chi connectivity index (χ1) is 9.07. The predicted molar refractivity (Wildman–Crippen MR) is 83.9 cm³/mol. The molecule has 1 aliphatic heterocycles. The van der Waals surface area contributed by atoms with E-state index in [4.69, 9.17) is 12.6 Å². The first-order valence-corrected chi connectivity index (χ1v) is 6.76. The summed E-state index contributed by atoms with van der Waals surface area (Å²) in [6, 6.07) is 10.4. The van der Waals surface area contributed by atoms with Crippen molar-refractivity contribution in [1.29, 1.82) is 0 Å². The van der Waals surface area contributed by atoms with Crippen molar-refractivity contribution in [2.75, 3.05) is 0 Å². The number of benzene rings is 2. The molecule has 0 saturated heterocycles. The topological polar surface area (TPSA) is 9.23 Å². The van der Waals surface area contributed by atoms with Gasteiger partial charge < -0.3 is 4.74 Å². The number of aryl methyl sites for hydroxylation is 1. The second-order valence-corrected chi connectivity index (χ2v) is 4.77. The van der Waals surface area contributed by atoms with Crippen molar-refractivity contribution in [2.45, 2.75) is 33.2 Å². The monoisotopic (exact) mass is 250 g/mol. The minimum atomic E-state index is -0.706. The molecule has 1 heterocycles. The van der Waals surface area contributed by atoms with E-state index in [-0.39, 0.29) is 0 Å². The molecule has 1 atom stereocenters. The third kappa shape index (κ3) is 2.53. The van der Waals surface area contributed by atoms with Crippen LogP contribution < -0.4 is 4.74 Å². The Balaban J connectivity index is 0.000000637. The number of ether oxygens (including phenoxy) is 1. The molecule has 96 valence electrons. The Bertz CT molecular complexity index is 626. The van der Waals surface area contributed by atoms with Crippen molar-refractivity contribution in [1.82, 2.24) is 0 Å². The summed E-state index contributed by atoms with van der Waals surface area (Å²) in [6.45, 7) is 7.95. The Morgan fingerprint density at radius 1 is 1.11 bits per heavy atom. The van der Waals surface area contributed by atoms with Gasteiger partial charge in [0.05, 0.1) is 5.50 Å². The largest absolute Gasteiger partial charge is 0.493 e. The Kier molecular flexibility index (Phi) is 3.70. The Labute approximate surface area is 116 Å². The predicted octanol–water partition coefficient (Wildman–Crippen LogP) is 4.46. The third-order valence-corrected chi connectivity index (χ3v) is 3.17. The minimum Gasteiger partial charge on any atom is -0.493 e. The fourth-order valence-corrected chi connectivity index (χ4v) is 2.32. The molecule has 1 nitrogen and oxygen atoms in total. The lowest BCUT2D eigenvalue weighted by molar-refractivity contribution is 0.224. The van der Waals surface area contributed by atoms with E-state index in [0.29, 0.717) is 0 Å². The molecule has 2 aromatic rings. The molecule has 19 heavy (non-hydrogen) atoms. The maximum absolute atomic E-state index is 5.98. The SMILES string of the molecule is CC.[B]C1(C)C=Cc2c(cc(C)c3ccccc23)O1. The Morgan fingerprint density at radius 2 is 1.74 bits per heavy atom. The van der Waals surface area contributed by atoms with Gasteiger partial charge in [-0.25, -0.2) is 0 Å². The zero-order valence-corrected chi connectivity index (χ0v) is 12.0. The number of hydrogen-bond acceptors (Lipinski definition) is 1. The highest BCUT2D eigenvalue weighted by Gasteiger charge is 2.22. The lowest BCUT2D eigenvalue weighted by atomic mass is 9.80. The van der Waals surface area contributed by atoms with Gasteiger partial charge in [-0.1, -0.05) is 50.3 Å². The highest BCUT2D eigenvalue weighted by molar-refractivity contribution is 6.17. The van der Waals surface area contributed by atoms with Crippen LogP contribution in [-0.2, 0) is 0 Å². The average Bonchev–Trinajstić information content (AvgIpc) is 2.40. The summed E-state index contributed by atoms with van der Waals surface area (Å²) in [6.07, 6.45) is 3.96. The molecule has 2 aromatic carbocycles. The van der Waals surface area contributed by atoms with Gasteiger partial charge in [0.15, 0.2) is 0 Å². The first kappa shape index (κ1) is 13.7. The van der Waals surface area contributed by atoms with Crippen LogP contribution in [0.2, 0.25) is 0 Å². The van der Waals surface area contributed by atoms with E-state index in [0.717, 1.165) is 11.3 Å². The molecule has 0 saturated carbocycles. The van der Waals surface area contributed by atoms with Gasteiger partial charge in [-0.05, 0) is 36.2 Å². The van der Waals surface area contributed by atoms with Gasteiger partial charge >= 0.3 is 0 Å². The van der Waals surface area contributed by atoms with Crippen molar-refractivity contribution in [3.63, 3.8) is 0 Å². The van der Waals surface area contributed by atoms with E-state index < -0.39 is 5.50 Å². The van der Waals surface area contributed by atoms with Crippen molar-refractivity contribution < 1.29 is 4.74 Å². The molecule has 0 amide bonds. The summed E-state index contributed by atoms with van der Waals surface area (Å²) in [5, 5.41) is 2.48. The molecule has 2 radical (unpaired) electrons. The molecule has 1 unspecified atom stereocenters. The second kappa shape index (κ2) is 5.12. The molecule has 1 aliphatic rings. The number of fused-ring (bicyclic) bond motifs is 3. The summed E-state index contributed by atoms with van der Waals surface area (Å²) in [5.74, 6) is 0.869. The molecule has 0 spiro atoms. The van der Waals surface area contributed by atoms with E-state index in [1.165, 1.54) is 16.3 Å². The fourth-order valence-electron chi connectivity index (χ4n) is 2.32. The van der Waals surface area contributed by atoms with Crippen molar-refractivity contribution in [3.05, 3.63) is 47.5 Å². The molecular formula is C17H19BO. The minimum absolute atomic E-state index is 0.706. The van der Waals surface area contributed by atoms with Crippen LogP contribution in [-0.4, -0.2) is 13.3 Å². The molecule has 0 aromatic heterocycles. The van der Waals surface area contributed by atoms with E-state index in [2.05, 4.69) is 37.3 Å². The van der Waals surface area contributed by atoms with Crippen LogP contribution in [0.4, 0.5) is 0 Å². The van der Waals surface area contributed by atoms with E-state index >= 15 is 0 Å². The number of rotatable bonds is 0. The molecule has 0 bridgehead atoms. The van der Waals surface area contributed by atoms with Crippen LogP contribution in [0.1, 0.15) is 31.9 Å². The molecule has 0 fully saturated rings. The summed E-state index contributed by atoms with van der Waals surface area (Å²) < 4.78 is 5.80. The maximum Gasteiger partial charge on any atom is 0.137 e. The van der Waals surface area contributed by atoms with Gasteiger partial charge in [0.2, 0.25) is 0 Å². The molecular weight excluding hydrogens is 231 g/mol. The lowest BCUT2D eigenvalue weighted by Gasteiger charge is -2.29. The van der Waals surface area contributed by atoms with E-state index in [1.807, 2.05) is 32.9 Å². The van der Waals surface area contributed by atoms with Crippen molar-refractivity contribution in [2.24, 2.45) is 0 Å². The van der Waals surface area contributed by atoms with Crippen LogP contribution in [0.15, 0.2) is 36.4 Å². The van der Waals surface area contributed by atoms with Crippen molar-refractivity contribution >= 4 is 24.7 Å². The van der Waals surface area contributed by atoms with E-state index in [1.54, 1.807) is 0 Å². The lowest BCUT2D eigenvalue weighted by Crippen LogP contribution is -2.32. The Hall–Kier alpha value is -1.70. The van der Waals surface area contributed by atoms with Crippen LogP contribution in [0.3, 0.4) is 0 Å². The van der Waals surface area contributed by atoms with E-state index in [9.17, 15) is 0 Å². The van der Waals surface area contributed by atoms with Crippen LogP contribution in [0.25, 0.3) is 16.8 Å². The normalized spacial score (nSPS) is 20.2. The Morgan fingerprint density at radius 3 is 2.42 bits per heavy atom. The average molecular weight is 250 g/mol. The van der Waals surface area contributed by atoms with Crippen LogP contribution in [0.5, 0.6) is 5.75 Å². The zero-order valence-electron chi connectivity index (χ0n) is 12.0. The summed E-state index contributed by atoms with van der Waals surface area (Å²) in [7, 11) is 5.98. The fraction of sp³-hybridized carbons (Fsp3) is 0.294. The van der Waals surface area contributed by atoms with Gasteiger partial charge in [0.25, 0.3) is 0 Å². The zero-order chi connectivity index (χ0) is 14.0. The molecule has 2 heteroatoms. The second-order valence-electron chi connectivity index (χ2n) is 4.77. The smallest absolute Gasteiger partial charge is 0.137 e. The quantitative estimate of drug-likeness (QED) is 0.627. The van der Waals surface area contributed by atoms with Gasteiger partial charge in [-0.3, -0.25) is 0 Å². The third-order valence-electron chi connectivity index (χ3n) is 3.17. The summed E-state index contributed by atoms with van der Waals surface area (Å²) in [4.78, 5) is 0. The number of hydrogen-bond donors (Lipinski definition) is 0. The van der Waals surface area contributed by atoms with Gasteiger partial charge in [0.1, 0.15) is 13.6 Å². The van der Waals surface area contributed by atoms with Gasteiger partial charge in [0, 0.05) is 5.56 Å². The highest BCUT2D eigenvalue weighted by Crippen LogP contribution is 2.36.